The van der Waals surface area contributed by atoms with E-state index in [0.29, 0.717) is 30.6 Å². The summed E-state index contributed by atoms with van der Waals surface area (Å²) >= 11 is 0. The number of nitrogens with one attached hydrogen (secondary N) is 3. The van der Waals surface area contributed by atoms with Crippen molar-refractivity contribution in [2.24, 2.45) is 10.9 Å². The van der Waals surface area contributed by atoms with E-state index >= 15 is 0 Å². The van der Waals surface area contributed by atoms with Crippen LogP contribution in [-0.4, -0.2) is 42.6 Å². The normalized spacial score (nSPS) is 19.5. The third kappa shape index (κ3) is 6.64. The van der Waals surface area contributed by atoms with Gasteiger partial charge in [0.1, 0.15) is 5.75 Å². The second-order valence-corrected chi connectivity index (χ2v) is 5.53. The Morgan fingerprint density at radius 2 is 1.96 bits per heavy atom. The van der Waals surface area contributed by atoms with E-state index in [1.807, 2.05) is 6.92 Å². The molecule has 0 radical (unpaired) electrons. The van der Waals surface area contributed by atoms with Crippen molar-refractivity contribution in [3.05, 3.63) is 29.8 Å². The molecule has 2 atom stereocenters. The summed E-state index contributed by atoms with van der Waals surface area (Å²) in [6.07, 6.45) is 1.18. The van der Waals surface area contributed by atoms with Crippen LogP contribution < -0.4 is 16.0 Å². The van der Waals surface area contributed by atoms with Gasteiger partial charge in [-0.25, -0.2) is 0 Å². The molecule has 2 rings (SSSR count). The zero-order valence-corrected chi connectivity index (χ0v) is 15.8. The van der Waals surface area contributed by atoms with E-state index < -0.39 is 0 Å². The van der Waals surface area contributed by atoms with Crippen LogP contribution >= 0.6 is 24.0 Å². The summed E-state index contributed by atoms with van der Waals surface area (Å²) in [5.74, 6) is 1.49. The molecule has 4 N–H and O–H groups in total. The van der Waals surface area contributed by atoms with Gasteiger partial charge in [0.2, 0.25) is 0 Å². The molecule has 0 spiro atoms. The van der Waals surface area contributed by atoms with Gasteiger partial charge in [-0.2, -0.15) is 0 Å². The van der Waals surface area contributed by atoms with Crippen molar-refractivity contribution in [1.82, 2.24) is 16.0 Å². The van der Waals surface area contributed by atoms with Gasteiger partial charge in [-0.1, -0.05) is 6.92 Å². The summed E-state index contributed by atoms with van der Waals surface area (Å²) in [6, 6.07) is 6.69. The largest absolute Gasteiger partial charge is 0.508 e. The second kappa shape index (κ2) is 9.59. The average Bonchev–Trinajstić information content (AvgIpc) is 3.19. The number of benzene rings is 1. The van der Waals surface area contributed by atoms with Crippen molar-refractivity contribution in [2.45, 2.75) is 26.3 Å². The van der Waals surface area contributed by atoms with Crippen molar-refractivity contribution < 1.29 is 9.90 Å². The minimum Gasteiger partial charge on any atom is -0.508 e. The standard InChI is InChI=1S/C16H24N4O2.HI/c1-3-17-16(20-14-10-11(14)2)19-9-8-18-15(22)12-4-6-13(21)7-5-12;/h4-7,11,14,21H,3,8-10H2,1-2H3,(H,18,22)(H2,17,19,20);1H. The molecule has 128 valence electrons. The molecule has 1 aliphatic rings. The van der Waals surface area contributed by atoms with Gasteiger partial charge in [0.05, 0.1) is 6.54 Å². The van der Waals surface area contributed by atoms with Crippen molar-refractivity contribution >= 4 is 35.8 Å². The molecule has 0 heterocycles. The lowest BCUT2D eigenvalue weighted by Gasteiger charge is -2.11. The van der Waals surface area contributed by atoms with Crippen LogP contribution in [0, 0.1) is 5.92 Å². The first-order chi connectivity index (χ1) is 10.6. The molecule has 7 heteroatoms. The highest BCUT2D eigenvalue weighted by molar-refractivity contribution is 14.0. The fourth-order valence-corrected chi connectivity index (χ4v) is 2.07. The van der Waals surface area contributed by atoms with Crippen LogP contribution in [0.1, 0.15) is 30.6 Å². The predicted molar refractivity (Wildman–Crippen MR) is 103 cm³/mol. The number of nitrogens with zero attached hydrogens (tertiary/aromatic N) is 1. The highest BCUT2D eigenvalue weighted by Gasteiger charge is 2.33. The van der Waals surface area contributed by atoms with Crippen molar-refractivity contribution in [3.8, 4) is 5.75 Å². The van der Waals surface area contributed by atoms with Gasteiger partial charge in [-0.15, -0.1) is 24.0 Å². The molecule has 6 nitrogen and oxygen atoms in total. The molecule has 23 heavy (non-hydrogen) atoms. The van der Waals surface area contributed by atoms with Crippen molar-refractivity contribution in [2.75, 3.05) is 19.6 Å². The molecule has 0 bridgehead atoms. The lowest BCUT2D eigenvalue weighted by molar-refractivity contribution is 0.0955. The summed E-state index contributed by atoms with van der Waals surface area (Å²) in [5.41, 5.74) is 0.526. The highest BCUT2D eigenvalue weighted by Crippen LogP contribution is 2.28. The minimum atomic E-state index is -0.163. The third-order valence-electron chi connectivity index (χ3n) is 3.57. The van der Waals surface area contributed by atoms with Gasteiger partial charge in [0.15, 0.2) is 5.96 Å². The van der Waals surface area contributed by atoms with E-state index in [1.54, 1.807) is 12.1 Å². The Labute approximate surface area is 154 Å². The minimum absolute atomic E-state index is 0. The summed E-state index contributed by atoms with van der Waals surface area (Å²) < 4.78 is 0. The first-order valence-corrected chi connectivity index (χ1v) is 7.72. The number of guanidine groups is 1. The number of phenolic OH excluding ortho intramolecular Hbond substituents is 1. The van der Waals surface area contributed by atoms with Gasteiger partial charge >= 0.3 is 0 Å². The summed E-state index contributed by atoms with van der Waals surface area (Å²) in [5, 5.41) is 18.6. The van der Waals surface area contributed by atoms with Gasteiger partial charge in [0, 0.05) is 24.7 Å². The number of rotatable bonds is 6. The number of aliphatic imine (C=N–C) groups is 1. The summed E-state index contributed by atoms with van der Waals surface area (Å²) in [7, 11) is 0. The zero-order valence-electron chi connectivity index (χ0n) is 13.5. The van der Waals surface area contributed by atoms with E-state index in [1.165, 1.54) is 18.6 Å². The smallest absolute Gasteiger partial charge is 0.251 e. The number of halogens is 1. The summed E-state index contributed by atoms with van der Waals surface area (Å²) in [6.45, 7) is 6.03. The molecule has 0 aromatic heterocycles. The lowest BCUT2D eigenvalue weighted by atomic mass is 10.2. The number of hydrogen-bond donors (Lipinski definition) is 4. The number of aromatic hydroxyl groups is 1. The first kappa shape index (κ1) is 19.5. The fraction of sp³-hybridized carbons (Fsp3) is 0.500. The van der Waals surface area contributed by atoms with Gasteiger partial charge in [0.25, 0.3) is 5.91 Å². The van der Waals surface area contributed by atoms with Crippen LogP contribution in [0.25, 0.3) is 0 Å². The molecule has 1 aromatic rings. The molecule has 0 saturated heterocycles. The van der Waals surface area contributed by atoms with Crippen LogP contribution in [0.2, 0.25) is 0 Å². The van der Waals surface area contributed by atoms with Crippen molar-refractivity contribution in [3.63, 3.8) is 0 Å². The van der Waals surface area contributed by atoms with E-state index in [9.17, 15) is 9.90 Å². The Balaban J connectivity index is 0.00000264. The average molecular weight is 432 g/mol. The topological polar surface area (TPSA) is 85.8 Å². The van der Waals surface area contributed by atoms with Gasteiger partial charge in [-0.3, -0.25) is 9.79 Å². The maximum absolute atomic E-state index is 11.9. The second-order valence-electron chi connectivity index (χ2n) is 5.53. The van der Waals surface area contributed by atoms with E-state index in [0.717, 1.165) is 12.5 Å². The molecular weight excluding hydrogens is 407 g/mol. The molecule has 2 unspecified atom stereocenters. The van der Waals surface area contributed by atoms with Crippen LogP contribution in [0.15, 0.2) is 29.3 Å². The Hall–Kier alpha value is -1.51. The molecule has 1 aliphatic carbocycles. The van der Waals surface area contributed by atoms with Crippen LogP contribution in [0.5, 0.6) is 5.75 Å². The van der Waals surface area contributed by atoms with E-state index in [2.05, 4.69) is 27.9 Å². The summed E-state index contributed by atoms with van der Waals surface area (Å²) in [4.78, 5) is 16.3. The Bertz CT molecular complexity index is 533. The van der Waals surface area contributed by atoms with E-state index in [4.69, 9.17) is 0 Å². The molecule has 1 fully saturated rings. The number of carbonyl (C=O) groups is 1. The number of carbonyl (C=O) groups excluding carboxylic acids is 1. The monoisotopic (exact) mass is 432 g/mol. The Kier molecular flexibility index (Phi) is 8.15. The molecular formula is C16H25IN4O2. The van der Waals surface area contributed by atoms with E-state index in [-0.39, 0.29) is 35.6 Å². The maximum Gasteiger partial charge on any atom is 0.251 e. The van der Waals surface area contributed by atoms with Crippen LogP contribution in [0.3, 0.4) is 0 Å². The molecule has 1 saturated carbocycles. The zero-order chi connectivity index (χ0) is 15.9. The SMILES string of the molecule is CCNC(=NCCNC(=O)c1ccc(O)cc1)NC1CC1C.I. The Morgan fingerprint density at radius 1 is 1.30 bits per heavy atom. The number of phenols is 1. The van der Waals surface area contributed by atoms with Gasteiger partial charge < -0.3 is 21.1 Å². The van der Waals surface area contributed by atoms with Crippen LogP contribution in [-0.2, 0) is 0 Å². The predicted octanol–water partition coefficient (Wildman–Crippen LogP) is 1.70. The molecule has 0 aliphatic heterocycles. The lowest BCUT2D eigenvalue weighted by Crippen LogP contribution is -2.39. The van der Waals surface area contributed by atoms with Crippen molar-refractivity contribution in [1.29, 1.82) is 0 Å². The fourth-order valence-electron chi connectivity index (χ4n) is 2.07. The quantitative estimate of drug-likeness (QED) is 0.239. The highest BCUT2D eigenvalue weighted by atomic mass is 127. The third-order valence-corrected chi connectivity index (χ3v) is 3.57. The molecule has 1 aromatic carbocycles. The first-order valence-electron chi connectivity index (χ1n) is 7.72. The number of hydrogen-bond acceptors (Lipinski definition) is 3. The Morgan fingerprint density at radius 3 is 2.52 bits per heavy atom. The molecule has 1 amide bonds. The van der Waals surface area contributed by atoms with Gasteiger partial charge in [-0.05, 0) is 43.5 Å². The maximum atomic E-state index is 11.9. The van der Waals surface area contributed by atoms with Crippen LogP contribution in [0.4, 0.5) is 0 Å². The number of amides is 1.